The van der Waals surface area contributed by atoms with E-state index in [9.17, 15) is 9.90 Å². The third-order valence-corrected chi connectivity index (χ3v) is 2.17. The molecular weight excluding hydrogens is 194 g/mol. The van der Waals surface area contributed by atoms with Gasteiger partial charge in [-0.3, -0.25) is 0 Å². The molecule has 0 radical (unpaired) electrons. The van der Waals surface area contributed by atoms with E-state index in [0.29, 0.717) is 12.8 Å². The van der Waals surface area contributed by atoms with Crippen molar-refractivity contribution >= 4 is 11.7 Å². The average molecular weight is 213 g/mol. The molecule has 0 spiro atoms. The molecule has 3 N–H and O–H groups in total. The Balaban J connectivity index is 4.62. The topological polar surface area (TPSA) is 81.4 Å². The Kier molecular flexibility index (Phi) is 6.42. The lowest BCUT2D eigenvalue weighted by atomic mass is 10.0. The van der Waals surface area contributed by atoms with Crippen LogP contribution in [0, 0.1) is 5.41 Å². The van der Waals surface area contributed by atoms with Crippen molar-refractivity contribution in [2.24, 2.45) is 0 Å². The highest BCUT2D eigenvalue weighted by Crippen LogP contribution is 2.13. The number of rotatable bonds is 7. The fourth-order valence-corrected chi connectivity index (χ4v) is 1.27. The number of aliphatic hydroxyl groups excluding tert-OH is 1. The van der Waals surface area contributed by atoms with Crippen molar-refractivity contribution in [2.75, 3.05) is 0 Å². The molecule has 0 unspecified atom stereocenters. The maximum Gasteiger partial charge on any atom is 0.340 e. The molecule has 86 valence electrons. The summed E-state index contributed by atoms with van der Waals surface area (Å²) in [6, 6.07) is 0. The number of nitrogens with one attached hydrogen (secondary N) is 1. The fourth-order valence-electron chi connectivity index (χ4n) is 1.27. The number of hydrogen-bond donors (Lipinski definition) is 3. The lowest BCUT2D eigenvalue weighted by Gasteiger charge is -2.06. The molecule has 4 heteroatoms. The molecule has 0 aromatic carbocycles. The van der Waals surface area contributed by atoms with Gasteiger partial charge < -0.3 is 15.6 Å². The second kappa shape index (κ2) is 7.04. The van der Waals surface area contributed by atoms with Crippen molar-refractivity contribution in [3.8, 4) is 0 Å². The van der Waals surface area contributed by atoms with E-state index in [1.807, 2.05) is 6.92 Å². The first-order valence-electron chi connectivity index (χ1n) is 5.27. The van der Waals surface area contributed by atoms with Gasteiger partial charge >= 0.3 is 5.97 Å². The zero-order chi connectivity index (χ0) is 11.8. The Hall–Kier alpha value is -1.32. The molecule has 0 aliphatic carbocycles. The van der Waals surface area contributed by atoms with Crippen molar-refractivity contribution < 1.29 is 15.0 Å². The normalized spacial score (nSPS) is 12.1. The van der Waals surface area contributed by atoms with Crippen molar-refractivity contribution in [3.63, 3.8) is 0 Å². The lowest BCUT2D eigenvalue weighted by molar-refractivity contribution is -0.132. The Labute approximate surface area is 90.1 Å². The largest absolute Gasteiger partial charge is 0.511 e. The maximum absolute atomic E-state index is 10.8. The van der Waals surface area contributed by atoms with Gasteiger partial charge in [0.05, 0.1) is 0 Å². The number of aliphatic hydroxyl groups is 1. The van der Waals surface area contributed by atoms with Gasteiger partial charge in [0.1, 0.15) is 11.3 Å². The van der Waals surface area contributed by atoms with Crippen molar-refractivity contribution in [2.45, 2.75) is 46.0 Å². The summed E-state index contributed by atoms with van der Waals surface area (Å²) in [7, 11) is 0. The zero-order valence-corrected chi connectivity index (χ0v) is 9.34. The molecule has 15 heavy (non-hydrogen) atoms. The van der Waals surface area contributed by atoms with Crippen LogP contribution in [0.5, 0.6) is 0 Å². The molecule has 0 saturated heterocycles. The second-order valence-corrected chi connectivity index (χ2v) is 3.42. The highest BCUT2D eigenvalue weighted by Gasteiger charge is 2.17. The van der Waals surface area contributed by atoms with Gasteiger partial charge in [0, 0.05) is 12.1 Å². The SMILES string of the molecule is CCCCCC(O)=C(C(=N)CC)C(=O)O. The third-order valence-electron chi connectivity index (χ3n) is 2.17. The molecule has 0 aromatic heterocycles. The van der Waals surface area contributed by atoms with Crippen LogP contribution in [0.25, 0.3) is 0 Å². The third kappa shape index (κ3) is 4.63. The minimum atomic E-state index is -1.21. The molecule has 0 heterocycles. The minimum absolute atomic E-state index is 0.0171. The minimum Gasteiger partial charge on any atom is -0.511 e. The summed E-state index contributed by atoms with van der Waals surface area (Å²) in [4.78, 5) is 10.8. The molecule has 4 nitrogen and oxygen atoms in total. The van der Waals surface area contributed by atoms with Crippen LogP contribution in [-0.2, 0) is 4.79 Å². The summed E-state index contributed by atoms with van der Waals surface area (Å²) in [5.41, 5.74) is -0.245. The van der Waals surface area contributed by atoms with E-state index in [1.54, 1.807) is 6.92 Å². The fraction of sp³-hybridized carbons (Fsp3) is 0.636. The predicted octanol–water partition coefficient (Wildman–Crippen LogP) is 2.89. The predicted molar refractivity (Wildman–Crippen MR) is 59.5 cm³/mol. The first kappa shape index (κ1) is 13.7. The average Bonchev–Trinajstić information content (AvgIpc) is 2.17. The molecule has 0 atom stereocenters. The quantitative estimate of drug-likeness (QED) is 0.263. The van der Waals surface area contributed by atoms with E-state index in [-0.39, 0.29) is 17.0 Å². The van der Waals surface area contributed by atoms with Crippen LogP contribution in [0.3, 0.4) is 0 Å². The van der Waals surface area contributed by atoms with Gasteiger partial charge in [-0.05, 0) is 12.8 Å². The van der Waals surface area contributed by atoms with Gasteiger partial charge in [0.25, 0.3) is 0 Å². The Bertz CT molecular complexity index is 269. The van der Waals surface area contributed by atoms with Crippen LogP contribution < -0.4 is 0 Å². The van der Waals surface area contributed by atoms with Crippen LogP contribution in [0.1, 0.15) is 46.0 Å². The molecule has 0 bridgehead atoms. The van der Waals surface area contributed by atoms with E-state index in [4.69, 9.17) is 10.5 Å². The number of carboxylic acid groups (broad SMARTS) is 1. The number of aliphatic carboxylic acids is 1. The van der Waals surface area contributed by atoms with E-state index in [1.165, 1.54) is 0 Å². The van der Waals surface area contributed by atoms with E-state index in [2.05, 4.69) is 0 Å². The van der Waals surface area contributed by atoms with E-state index >= 15 is 0 Å². The number of allylic oxidation sites excluding steroid dienone is 1. The summed E-state index contributed by atoms with van der Waals surface area (Å²) in [6.07, 6.45) is 3.39. The maximum atomic E-state index is 10.8. The van der Waals surface area contributed by atoms with Crippen LogP contribution in [0.15, 0.2) is 11.3 Å². The second-order valence-electron chi connectivity index (χ2n) is 3.42. The molecule has 0 aromatic rings. The summed E-state index contributed by atoms with van der Waals surface area (Å²) in [5.74, 6) is -1.38. The smallest absolute Gasteiger partial charge is 0.340 e. The van der Waals surface area contributed by atoms with Crippen molar-refractivity contribution in [1.29, 1.82) is 5.41 Å². The van der Waals surface area contributed by atoms with Gasteiger partial charge in [-0.25, -0.2) is 4.79 Å². The monoisotopic (exact) mass is 213 g/mol. The molecule has 0 fully saturated rings. The summed E-state index contributed by atoms with van der Waals surface area (Å²) < 4.78 is 0. The van der Waals surface area contributed by atoms with Crippen molar-refractivity contribution in [1.82, 2.24) is 0 Å². The van der Waals surface area contributed by atoms with Crippen molar-refractivity contribution in [3.05, 3.63) is 11.3 Å². The first-order valence-corrected chi connectivity index (χ1v) is 5.27. The summed E-state index contributed by atoms with van der Waals surface area (Å²) in [6.45, 7) is 3.73. The number of unbranched alkanes of at least 4 members (excludes halogenated alkanes) is 2. The lowest BCUT2D eigenvalue weighted by Crippen LogP contribution is -2.13. The standard InChI is InChI=1S/C11H19NO3/c1-3-5-6-7-9(13)10(11(14)15)8(12)4-2/h12-13H,3-7H2,1-2H3,(H,14,15). The van der Waals surface area contributed by atoms with E-state index < -0.39 is 5.97 Å². The van der Waals surface area contributed by atoms with Gasteiger partial charge in [0.2, 0.25) is 0 Å². The van der Waals surface area contributed by atoms with Gasteiger partial charge in [-0.1, -0.05) is 26.7 Å². The first-order chi connectivity index (χ1) is 7.04. The zero-order valence-electron chi connectivity index (χ0n) is 9.34. The number of carbonyl (C=O) groups is 1. The molecule has 0 aliphatic heterocycles. The Morgan fingerprint density at radius 2 is 1.80 bits per heavy atom. The Morgan fingerprint density at radius 3 is 2.20 bits per heavy atom. The van der Waals surface area contributed by atoms with Crippen LogP contribution in [0.4, 0.5) is 0 Å². The summed E-state index contributed by atoms with van der Waals surface area (Å²) in [5, 5.41) is 25.8. The van der Waals surface area contributed by atoms with Gasteiger partial charge in [-0.2, -0.15) is 0 Å². The highest BCUT2D eigenvalue weighted by atomic mass is 16.4. The van der Waals surface area contributed by atoms with Gasteiger partial charge in [0.15, 0.2) is 0 Å². The molecule has 0 rings (SSSR count). The van der Waals surface area contributed by atoms with Crippen LogP contribution >= 0.6 is 0 Å². The highest BCUT2D eigenvalue weighted by molar-refractivity contribution is 6.18. The number of carboxylic acids is 1. The van der Waals surface area contributed by atoms with E-state index in [0.717, 1.165) is 19.3 Å². The molecule has 0 aliphatic rings. The van der Waals surface area contributed by atoms with Crippen LogP contribution in [-0.4, -0.2) is 21.9 Å². The molecule has 0 saturated carbocycles. The molecule has 0 amide bonds. The molecular formula is C11H19NO3. The van der Waals surface area contributed by atoms with Crippen LogP contribution in [0.2, 0.25) is 0 Å². The van der Waals surface area contributed by atoms with Gasteiger partial charge in [-0.15, -0.1) is 0 Å². The number of hydrogen-bond acceptors (Lipinski definition) is 3. The summed E-state index contributed by atoms with van der Waals surface area (Å²) >= 11 is 0. The Morgan fingerprint density at radius 1 is 1.20 bits per heavy atom.